The SMILES string of the molecule is CNC(=O)N[C@@H]1CCN(C(=O)O)C1C(C)(C)C. The van der Waals surface area contributed by atoms with Crippen LogP contribution in [0, 0.1) is 5.41 Å². The maximum absolute atomic E-state index is 11.3. The number of carbonyl (C=O) groups excluding carboxylic acids is 1. The smallest absolute Gasteiger partial charge is 0.407 e. The first-order valence-corrected chi connectivity index (χ1v) is 5.75. The highest BCUT2D eigenvalue weighted by atomic mass is 16.4. The van der Waals surface area contributed by atoms with Gasteiger partial charge in [0.2, 0.25) is 0 Å². The third kappa shape index (κ3) is 3.01. The first kappa shape index (κ1) is 13.6. The highest BCUT2D eigenvalue weighted by Crippen LogP contribution is 2.33. The third-order valence-electron chi connectivity index (χ3n) is 3.07. The summed E-state index contributed by atoms with van der Waals surface area (Å²) in [6.45, 7) is 6.41. The summed E-state index contributed by atoms with van der Waals surface area (Å²) in [5.74, 6) is 0. The average Bonchev–Trinajstić information content (AvgIpc) is 2.60. The number of hydrogen-bond acceptors (Lipinski definition) is 2. The molecule has 1 heterocycles. The second-order valence-corrected chi connectivity index (χ2v) is 5.41. The lowest BCUT2D eigenvalue weighted by Crippen LogP contribution is -2.54. The highest BCUT2D eigenvalue weighted by molar-refractivity contribution is 5.74. The van der Waals surface area contributed by atoms with Crippen LogP contribution in [0.15, 0.2) is 0 Å². The summed E-state index contributed by atoms with van der Waals surface area (Å²) in [7, 11) is 1.55. The zero-order chi connectivity index (χ0) is 13.2. The van der Waals surface area contributed by atoms with Gasteiger partial charge >= 0.3 is 12.1 Å². The van der Waals surface area contributed by atoms with E-state index in [1.54, 1.807) is 7.05 Å². The van der Waals surface area contributed by atoms with Crippen molar-refractivity contribution in [1.82, 2.24) is 15.5 Å². The second kappa shape index (κ2) is 4.81. The molecule has 3 N–H and O–H groups in total. The summed E-state index contributed by atoms with van der Waals surface area (Å²) in [6, 6.07) is -0.597. The van der Waals surface area contributed by atoms with E-state index in [1.165, 1.54) is 4.90 Å². The van der Waals surface area contributed by atoms with E-state index in [-0.39, 0.29) is 23.5 Å². The zero-order valence-corrected chi connectivity index (χ0v) is 10.8. The van der Waals surface area contributed by atoms with E-state index >= 15 is 0 Å². The average molecular weight is 243 g/mol. The molecular weight excluding hydrogens is 222 g/mol. The Morgan fingerprint density at radius 1 is 1.35 bits per heavy atom. The van der Waals surface area contributed by atoms with Gasteiger partial charge in [0.25, 0.3) is 0 Å². The molecular formula is C11H21N3O3. The monoisotopic (exact) mass is 243 g/mol. The van der Waals surface area contributed by atoms with Crippen molar-refractivity contribution in [2.24, 2.45) is 5.41 Å². The molecule has 0 saturated carbocycles. The molecule has 3 amide bonds. The Morgan fingerprint density at radius 3 is 2.35 bits per heavy atom. The Morgan fingerprint density at radius 2 is 1.94 bits per heavy atom. The van der Waals surface area contributed by atoms with E-state index in [2.05, 4.69) is 10.6 Å². The van der Waals surface area contributed by atoms with Gasteiger partial charge in [0.05, 0.1) is 12.1 Å². The Kier molecular flexibility index (Phi) is 3.85. The fraction of sp³-hybridized carbons (Fsp3) is 0.818. The molecule has 1 aliphatic rings. The summed E-state index contributed by atoms with van der Waals surface area (Å²) in [6.07, 6.45) is -0.270. The van der Waals surface area contributed by atoms with Gasteiger partial charge in [-0.25, -0.2) is 9.59 Å². The topological polar surface area (TPSA) is 81.7 Å². The molecule has 0 radical (unpaired) electrons. The number of carbonyl (C=O) groups is 2. The standard InChI is InChI=1S/C11H21N3O3/c1-11(2,3)8-7(13-9(15)12-4)5-6-14(8)10(16)17/h7-8H,5-6H2,1-4H3,(H,16,17)(H2,12,13,15)/t7-,8?/m1/s1. The van der Waals surface area contributed by atoms with E-state index in [4.69, 9.17) is 5.11 Å². The van der Waals surface area contributed by atoms with Crippen LogP contribution in [0.5, 0.6) is 0 Å². The molecule has 98 valence electrons. The van der Waals surface area contributed by atoms with E-state index in [1.807, 2.05) is 20.8 Å². The molecule has 1 fully saturated rings. The Bertz CT molecular complexity index is 312. The van der Waals surface area contributed by atoms with E-state index in [0.717, 1.165) is 0 Å². The van der Waals surface area contributed by atoms with E-state index in [0.29, 0.717) is 13.0 Å². The second-order valence-electron chi connectivity index (χ2n) is 5.41. The zero-order valence-electron chi connectivity index (χ0n) is 10.8. The summed E-state index contributed by atoms with van der Waals surface area (Å²) in [5.41, 5.74) is -0.208. The third-order valence-corrected chi connectivity index (χ3v) is 3.07. The van der Waals surface area contributed by atoms with Crippen molar-refractivity contribution >= 4 is 12.1 Å². The number of nitrogens with one attached hydrogen (secondary N) is 2. The minimum atomic E-state index is -0.925. The molecule has 0 spiro atoms. The summed E-state index contributed by atoms with van der Waals surface area (Å²) in [4.78, 5) is 23.9. The van der Waals surface area contributed by atoms with Crippen molar-refractivity contribution < 1.29 is 14.7 Å². The van der Waals surface area contributed by atoms with Gasteiger partial charge in [-0.2, -0.15) is 0 Å². The van der Waals surface area contributed by atoms with Crippen molar-refractivity contribution in [3.05, 3.63) is 0 Å². The van der Waals surface area contributed by atoms with Crippen molar-refractivity contribution in [3.8, 4) is 0 Å². The van der Waals surface area contributed by atoms with Crippen LogP contribution in [0.4, 0.5) is 9.59 Å². The van der Waals surface area contributed by atoms with E-state index in [9.17, 15) is 9.59 Å². The molecule has 1 rings (SSSR count). The fourth-order valence-electron chi connectivity index (χ4n) is 2.47. The lowest BCUT2D eigenvalue weighted by atomic mass is 9.83. The van der Waals surface area contributed by atoms with Gasteiger partial charge in [-0.05, 0) is 11.8 Å². The van der Waals surface area contributed by atoms with Gasteiger partial charge in [-0.15, -0.1) is 0 Å². The fourth-order valence-corrected chi connectivity index (χ4v) is 2.47. The van der Waals surface area contributed by atoms with Crippen molar-refractivity contribution in [1.29, 1.82) is 0 Å². The molecule has 0 bridgehead atoms. The maximum atomic E-state index is 11.3. The molecule has 1 aliphatic heterocycles. The van der Waals surface area contributed by atoms with Crippen LogP contribution >= 0.6 is 0 Å². The van der Waals surface area contributed by atoms with Crippen molar-refractivity contribution in [2.75, 3.05) is 13.6 Å². The number of nitrogens with zero attached hydrogens (tertiary/aromatic N) is 1. The summed E-state index contributed by atoms with van der Waals surface area (Å²) < 4.78 is 0. The molecule has 0 aliphatic carbocycles. The molecule has 1 saturated heterocycles. The largest absolute Gasteiger partial charge is 0.465 e. The first-order valence-electron chi connectivity index (χ1n) is 5.75. The number of carboxylic acid groups (broad SMARTS) is 1. The molecule has 6 heteroatoms. The molecule has 2 atom stereocenters. The van der Waals surface area contributed by atoms with Gasteiger partial charge in [0, 0.05) is 13.6 Å². The highest BCUT2D eigenvalue weighted by Gasteiger charge is 2.44. The van der Waals surface area contributed by atoms with Gasteiger partial charge in [0.15, 0.2) is 0 Å². The number of amides is 3. The minimum absolute atomic E-state index is 0.133. The lowest BCUT2D eigenvalue weighted by Gasteiger charge is -2.37. The lowest BCUT2D eigenvalue weighted by molar-refractivity contribution is 0.0981. The predicted octanol–water partition coefficient (Wildman–Crippen LogP) is 1.08. The van der Waals surface area contributed by atoms with Crippen LogP contribution in [-0.2, 0) is 0 Å². The predicted molar refractivity (Wildman–Crippen MR) is 64.0 cm³/mol. The summed E-state index contributed by atoms with van der Waals surface area (Å²) >= 11 is 0. The van der Waals surface area contributed by atoms with Crippen molar-refractivity contribution in [3.63, 3.8) is 0 Å². The Labute approximate surface area is 101 Å². The number of rotatable bonds is 1. The quantitative estimate of drug-likeness (QED) is 0.644. The van der Waals surface area contributed by atoms with Crippen LogP contribution in [0.3, 0.4) is 0 Å². The maximum Gasteiger partial charge on any atom is 0.407 e. The number of hydrogen-bond donors (Lipinski definition) is 3. The Balaban J connectivity index is 2.85. The molecule has 0 aromatic carbocycles. The molecule has 1 unspecified atom stereocenters. The van der Waals surface area contributed by atoms with Crippen molar-refractivity contribution in [2.45, 2.75) is 39.3 Å². The molecule has 17 heavy (non-hydrogen) atoms. The first-order chi connectivity index (χ1) is 7.77. The van der Waals surface area contributed by atoms with Crippen LogP contribution in [0.1, 0.15) is 27.2 Å². The molecule has 6 nitrogen and oxygen atoms in total. The number of likely N-dealkylation sites (tertiary alicyclic amines) is 1. The van der Waals surface area contributed by atoms with E-state index < -0.39 is 6.09 Å². The summed E-state index contributed by atoms with van der Waals surface area (Å²) in [5, 5.41) is 14.5. The van der Waals surface area contributed by atoms with Gasteiger partial charge in [-0.1, -0.05) is 20.8 Å². The van der Waals surface area contributed by atoms with Crippen LogP contribution in [0.2, 0.25) is 0 Å². The molecule has 0 aromatic heterocycles. The normalized spacial score (nSPS) is 24.6. The van der Waals surface area contributed by atoms with Crippen LogP contribution in [-0.4, -0.2) is 47.8 Å². The van der Waals surface area contributed by atoms with Gasteiger partial charge in [-0.3, -0.25) is 0 Å². The Hall–Kier alpha value is -1.46. The van der Waals surface area contributed by atoms with Crippen LogP contribution in [0.25, 0.3) is 0 Å². The van der Waals surface area contributed by atoms with Crippen LogP contribution < -0.4 is 10.6 Å². The minimum Gasteiger partial charge on any atom is -0.465 e. The molecule has 0 aromatic rings. The number of urea groups is 1. The van der Waals surface area contributed by atoms with Gasteiger partial charge in [0.1, 0.15) is 0 Å². The van der Waals surface area contributed by atoms with Gasteiger partial charge < -0.3 is 20.6 Å².